The number of hydrogen-bond donors (Lipinski definition) is 1. The zero-order valence-electron chi connectivity index (χ0n) is 9.08. The van der Waals surface area contributed by atoms with Gasteiger partial charge in [0, 0.05) is 11.6 Å². The molecule has 1 atom stereocenters. The molecule has 0 radical (unpaired) electrons. The normalized spacial score (nSPS) is 12.6. The van der Waals surface area contributed by atoms with E-state index in [-0.39, 0.29) is 0 Å². The van der Waals surface area contributed by atoms with Gasteiger partial charge >= 0.3 is 0 Å². The molecule has 0 fully saturated rings. The highest BCUT2D eigenvalue weighted by atomic mass is 16.5. The van der Waals surface area contributed by atoms with Crippen LogP contribution < -0.4 is 10.5 Å². The van der Waals surface area contributed by atoms with E-state index in [9.17, 15) is 0 Å². The average molecular weight is 194 g/mol. The summed E-state index contributed by atoms with van der Waals surface area (Å²) in [6.45, 7) is 4.79. The van der Waals surface area contributed by atoms with Crippen molar-refractivity contribution in [2.75, 3.05) is 13.7 Å². The lowest BCUT2D eigenvalue weighted by atomic mass is 10.0. The van der Waals surface area contributed by atoms with Crippen molar-refractivity contribution in [3.8, 4) is 5.75 Å². The Morgan fingerprint density at radius 1 is 1.50 bits per heavy atom. The standard InChI is InChI=1S/C11H18N2O/c1-8(6-7-12)11-10(14-3)5-4-9(2)13-11/h4-5,8H,6-7,12H2,1-3H3. The van der Waals surface area contributed by atoms with Crippen molar-refractivity contribution in [3.05, 3.63) is 23.5 Å². The quantitative estimate of drug-likeness (QED) is 0.795. The number of aromatic nitrogens is 1. The Morgan fingerprint density at radius 3 is 2.79 bits per heavy atom. The van der Waals surface area contributed by atoms with Gasteiger partial charge in [-0.15, -0.1) is 0 Å². The van der Waals surface area contributed by atoms with E-state index >= 15 is 0 Å². The van der Waals surface area contributed by atoms with Gasteiger partial charge in [-0.05, 0) is 32.0 Å². The number of ether oxygens (including phenoxy) is 1. The topological polar surface area (TPSA) is 48.1 Å². The molecule has 78 valence electrons. The lowest BCUT2D eigenvalue weighted by Gasteiger charge is -2.14. The number of nitrogens with zero attached hydrogens (tertiary/aromatic N) is 1. The van der Waals surface area contributed by atoms with Crippen molar-refractivity contribution >= 4 is 0 Å². The molecular formula is C11H18N2O. The highest BCUT2D eigenvalue weighted by Crippen LogP contribution is 2.26. The first-order chi connectivity index (χ1) is 6.69. The Kier molecular flexibility index (Phi) is 3.89. The molecule has 0 spiro atoms. The Bertz CT molecular complexity index is 299. The largest absolute Gasteiger partial charge is 0.495 e. The van der Waals surface area contributed by atoms with Gasteiger partial charge in [0.25, 0.3) is 0 Å². The van der Waals surface area contributed by atoms with E-state index in [1.807, 2.05) is 19.1 Å². The summed E-state index contributed by atoms with van der Waals surface area (Å²) in [6, 6.07) is 3.92. The summed E-state index contributed by atoms with van der Waals surface area (Å²) in [5.74, 6) is 1.21. The number of pyridine rings is 1. The fourth-order valence-electron chi connectivity index (χ4n) is 1.48. The summed E-state index contributed by atoms with van der Waals surface area (Å²) in [5.41, 5.74) is 7.56. The molecule has 0 aromatic carbocycles. The number of hydrogen-bond acceptors (Lipinski definition) is 3. The van der Waals surface area contributed by atoms with Crippen molar-refractivity contribution in [2.45, 2.75) is 26.2 Å². The monoisotopic (exact) mass is 194 g/mol. The van der Waals surface area contributed by atoms with E-state index in [4.69, 9.17) is 10.5 Å². The molecule has 2 N–H and O–H groups in total. The maximum Gasteiger partial charge on any atom is 0.140 e. The summed E-state index contributed by atoms with van der Waals surface area (Å²) >= 11 is 0. The molecule has 0 bridgehead atoms. The van der Waals surface area contributed by atoms with Gasteiger partial charge in [0.05, 0.1) is 12.8 Å². The lowest BCUT2D eigenvalue weighted by molar-refractivity contribution is 0.401. The van der Waals surface area contributed by atoms with Crippen LogP contribution in [0.2, 0.25) is 0 Å². The highest BCUT2D eigenvalue weighted by Gasteiger charge is 2.12. The molecule has 0 aliphatic heterocycles. The zero-order valence-corrected chi connectivity index (χ0v) is 9.08. The fourth-order valence-corrected chi connectivity index (χ4v) is 1.48. The van der Waals surface area contributed by atoms with E-state index in [0.29, 0.717) is 12.5 Å². The molecule has 1 heterocycles. The molecule has 0 aliphatic carbocycles. The second kappa shape index (κ2) is 4.96. The number of rotatable bonds is 4. The first-order valence-corrected chi connectivity index (χ1v) is 4.90. The maximum absolute atomic E-state index is 5.53. The summed E-state index contributed by atoms with van der Waals surface area (Å²) in [7, 11) is 1.67. The molecule has 0 aliphatic rings. The SMILES string of the molecule is COc1ccc(C)nc1C(C)CCN. The highest BCUT2D eigenvalue weighted by molar-refractivity contribution is 5.31. The first kappa shape index (κ1) is 11.0. The summed E-state index contributed by atoms with van der Waals surface area (Å²) in [6.07, 6.45) is 0.937. The smallest absolute Gasteiger partial charge is 0.140 e. The summed E-state index contributed by atoms with van der Waals surface area (Å²) in [5, 5.41) is 0. The molecule has 14 heavy (non-hydrogen) atoms. The number of methoxy groups -OCH3 is 1. The van der Waals surface area contributed by atoms with Gasteiger partial charge < -0.3 is 10.5 Å². The van der Waals surface area contributed by atoms with Gasteiger partial charge in [-0.2, -0.15) is 0 Å². The molecule has 0 amide bonds. The third-order valence-corrected chi connectivity index (χ3v) is 2.31. The van der Waals surface area contributed by atoms with Gasteiger partial charge in [0.2, 0.25) is 0 Å². The molecule has 1 rings (SSSR count). The lowest BCUT2D eigenvalue weighted by Crippen LogP contribution is -2.08. The first-order valence-electron chi connectivity index (χ1n) is 4.90. The zero-order chi connectivity index (χ0) is 10.6. The summed E-state index contributed by atoms with van der Waals surface area (Å²) < 4.78 is 5.26. The Morgan fingerprint density at radius 2 is 2.21 bits per heavy atom. The van der Waals surface area contributed by atoms with Gasteiger partial charge in [0.15, 0.2) is 0 Å². The van der Waals surface area contributed by atoms with Crippen molar-refractivity contribution < 1.29 is 4.74 Å². The van der Waals surface area contributed by atoms with Crippen LogP contribution in [-0.4, -0.2) is 18.6 Å². The predicted octanol–water partition coefficient (Wildman–Crippen LogP) is 1.85. The molecule has 1 aromatic heterocycles. The van der Waals surface area contributed by atoms with Crippen LogP contribution in [0.4, 0.5) is 0 Å². The van der Waals surface area contributed by atoms with E-state index in [0.717, 1.165) is 23.6 Å². The fraction of sp³-hybridized carbons (Fsp3) is 0.545. The number of aryl methyl sites for hydroxylation is 1. The van der Waals surface area contributed by atoms with E-state index in [1.54, 1.807) is 7.11 Å². The van der Waals surface area contributed by atoms with E-state index < -0.39 is 0 Å². The molecule has 1 aromatic rings. The van der Waals surface area contributed by atoms with Crippen LogP contribution in [0.1, 0.15) is 30.7 Å². The van der Waals surface area contributed by atoms with Gasteiger partial charge in [-0.3, -0.25) is 4.98 Å². The third-order valence-electron chi connectivity index (χ3n) is 2.31. The Hall–Kier alpha value is -1.09. The van der Waals surface area contributed by atoms with Crippen LogP contribution in [0.3, 0.4) is 0 Å². The minimum absolute atomic E-state index is 0.356. The minimum atomic E-state index is 0.356. The van der Waals surface area contributed by atoms with Crippen molar-refractivity contribution in [3.63, 3.8) is 0 Å². The second-order valence-corrected chi connectivity index (χ2v) is 3.52. The van der Waals surface area contributed by atoms with Gasteiger partial charge in [-0.1, -0.05) is 6.92 Å². The van der Waals surface area contributed by atoms with Crippen molar-refractivity contribution in [1.82, 2.24) is 4.98 Å². The van der Waals surface area contributed by atoms with Gasteiger partial charge in [0.1, 0.15) is 5.75 Å². The van der Waals surface area contributed by atoms with Crippen molar-refractivity contribution in [2.24, 2.45) is 5.73 Å². The van der Waals surface area contributed by atoms with Crippen LogP contribution in [0.15, 0.2) is 12.1 Å². The van der Waals surface area contributed by atoms with Crippen LogP contribution in [-0.2, 0) is 0 Å². The van der Waals surface area contributed by atoms with E-state index in [1.165, 1.54) is 0 Å². The third kappa shape index (κ3) is 2.45. The van der Waals surface area contributed by atoms with Crippen LogP contribution >= 0.6 is 0 Å². The van der Waals surface area contributed by atoms with Crippen LogP contribution in [0.5, 0.6) is 5.75 Å². The Labute approximate surface area is 85.3 Å². The van der Waals surface area contributed by atoms with Gasteiger partial charge in [-0.25, -0.2) is 0 Å². The Balaban J connectivity index is 2.97. The molecular weight excluding hydrogens is 176 g/mol. The molecule has 0 saturated carbocycles. The van der Waals surface area contributed by atoms with Crippen LogP contribution in [0, 0.1) is 6.92 Å². The van der Waals surface area contributed by atoms with E-state index in [2.05, 4.69) is 11.9 Å². The number of nitrogens with two attached hydrogens (primary N) is 1. The minimum Gasteiger partial charge on any atom is -0.495 e. The summed E-state index contributed by atoms with van der Waals surface area (Å²) in [4.78, 5) is 4.48. The molecule has 3 nitrogen and oxygen atoms in total. The molecule has 1 unspecified atom stereocenters. The maximum atomic E-state index is 5.53. The second-order valence-electron chi connectivity index (χ2n) is 3.52. The molecule has 3 heteroatoms. The predicted molar refractivity (Wildman–Crippen MR) is 57.6 cm³/mol. The molecule has 0 saturated heterocycles. The van der Waals surface area contributed by atoms with Crippen molar-refractivity contribution in [1.29, 1.82) is 0 Å². The average Bonchev–Trinajstić information content (AvgIpc) is 2.18. The van der Waals surface area contributed by atoms with Crippen LogP contribution in [0.25, 0.3) is 0 Å².